The molecule has 1 N–H and O–H groups in total. The number of carbonyl (C=O) groups is 1. The summed E-state index contributed by atoms with van der Waals surface area (Å²) < 4.78 is 53.1. The third kappa shape index (κ3) is 4.66. The summed E-state index contributed by atoms with van der Waals surface area (Å²) in [6.45, 7) is 3.47. The summed E-state index contributed by atoms with van der Waals surface area (Å²) in [7, 11) is -3.93. The van der Waals surface area contributed by atoms with Crippen LogP contribution in [-0.2, 0) is 14.8 Å². The predicted molar refractivity (Wildman–Crippen MR) is 101 cm³/mol. The second kappa shape index (κ2) is 8.24. The Hall–Kier alpha value is -2.52. The lowest BCUT2D eigenvalue weighted by Crippen LogP contribution is -2.54. The van der Waals surface area contributed by atoms with Crippen LogP contribution in [0.5, 0.6) is 0 Å². The molecular formula is C19H21F2N3O3S. The molecule has 1 aliphatic heterocycles. The molecule has 0 aliphatic carbocycles. The average molecular weight is 409 g/mol. The Morgan fingerprint density at radius 2 is 1.43 bits per heavy atom. The lowest BCUT2D eigenvalue weighted by Gasteiger charge is -2.37. The van der Waals surface area contributed by atoms with E-state index in [1.54, 1.807) is 17.0 Å². The maximum Gasteiger partial charge on any atom is 0.241 e. The maximum atomic E-state index is 13.0. The summed E-state index contributed by atoms with van der Waals surface area (Å²) in [5.74, 6) is -1.17. The van der Waals surface area contributed by atoms with E-state index in [1.807, 2.05) is 4.90 Å². The van der Waals surface area contributed by atoms with Crippen LogP contribution in [0.4, 0.5) is 14.5 Å². The molecule has 0 bridgehead atoms. The first-order valence-corrected chi connectivity index (χ1v) is 10.3. The molecule has 2 aromatic carbocycles. The number of halogens is 2. The zero-order chi connectivity index (χ0) is 20.3. The second-order valence-electron chi connectivity index (χ2n) is 6.59. The van der Waals surface area contributed by atoms with Gasteiger partial charge in [0.15, 0.2) is 0 Å². The minimum Gasteiger partial charge on any atom is -0.368 e. The van der Waals surface area contributed by atoms with Crippen molar-refractivity contribution in [3.63, 3.8) is 0 Å². The Kier molecular flexibility index (Phi) is 5.95. The monoisotopic (exact) mass is 409 g/mol. The van der Waals surface area contributed by atoms with Gasteiger partial charge in [0.1, 0.15) is 11.6 Å². The third-order valence-electron chi connectivity index (χ3n) is 4.61. The van der Waals surface area contributed by atoms with E-state index in [1.165, 1.54) is 19.1 Å². The van der Waals surface area contributed by atoms with Gasteiger partial charge in [0.2, 0.25) is 15.9 Å². The number of hydrogen-bond donors (Lipinski definition) is 1. The fourth-order valence-corrected chi connectivity index (χ4v) is 4.27. The minimum atomic E-state index is -3.93. The van der Waals surface area contributed by atoms with Crippen LogP contribution >= 0.6 is 0 Å². The quantitative estimate of drug-likeness (QED) is 0.820. The van der Waals surface area contributed by atoms with Gasteiger partial charge in [-0.25, -0.2) is 17.2 Å². The predicted octanol–water partition coefficient (Wildman–Crippen LogP) is 1.98. The molecule has 0 unspecified atom stereocenters. The van der Waals surface area contributed by atoms with Gasteiger partial charge in [-0.05, 0) is 55.5 Å². The molecule has 0 saturated carbocycles. The zero-order valence-electron chi connectivity index (χ0n) is 15.3. The zero-order valence-corrected chi connectivity index (χ0v) is 16.1. The molecule has 6 nitrogen and oxygen atoms in total. The van der Waals surface area contributed by atoms with Crippen LogP contribution in [0.1, 0.15) is 6.92 Å². The molecule has 1 heterocycles. The Morgan fingerprint density at radius 1 is 0.929 bits per heavy atom. The number of piperazine rings is 1. The number of rotatable bonds is 5. The van der Waals surface area contributed by atoms with Crippen molar-refractivity contribution >= 4 is 21.6 Å². The number of amides is 1. The fraction of sp³-hybridized carbons (Fsp3) is 0.316. The van der Waals surface area contributed by atoms with Crippen molar-refractivity contribution in [3.05, 3.63) is 60.2 Å². The van der Waals surface area contributed by atoms with Gasteiger partial charge in [-0.2, -0.15) is 4.72 Å². The van der Waals surface area contributed by atoms with E-state index in [4.69, 9.17) is 0 Å². The minimum absolute atomic E-state index is 0.102. The first-order valence-electron chi connectivity index (χ1n) is 8.83. The van der Waals surface area contributed by atoms with Crippen molar-refractivity contribution in [3.8, 4) is 0 Å². The molecule has 1 fully saturated rings. The van der Waals surface area contributed by atoms with Gasteiger partial charge in [-0.1, -0.05) is 0 Å². The van der Waals surface area contributed by atoms with Gasteiger partial charge < -0.3 is 9.80 Å². The van der Waals surface area contributed by atoms with E-state index < -0.39 is 21.9 Å². The first kappa shape index (κ1) is 20.2. The number of sulfonamides is 1. The van der Waals surface area contributed by atoms with Crippen LogP contribution in [-0.4, -0.2) is 51.4 Å². The van der Waals surface area contributed by atoms with E-state index in [9.17, 15) is 22.0 Å². The highest BCUT2D eigenvalue weighted by Gasteiger charge is 2.28. The van der Waals surface area contributed by atoms with Crippen LogP contribution in [0.3, 0.4) is 0 Å². The molecule has 1 saturated heterocycles. The topological polar surface area (TPSA) is 69.7 Å². The summed E-state index contributed by atoms with van der Waals surface area (Å²) in [6.07, 6.45) is 0. The average Bonchev–Trinajstić information content (AvgIpc) is 2.68. The normalized spacial score (nSPS) is 16.1. The van der Waals surface area contributed by atoms with Crippen LogP contribution in [0.15, 0.2) is 53.4 Å². The van der Waals surface area contributed by atoms with E-state index in [0.717, 1.165) is 30.0 Å². The molecule has 1 atom stereocenters. The SMILES string of the molecule is C[C@@H](NS(=O)(=O)c1ccc(F)cc1)C(=O)N1CCN(c2ccc(F)cc2)CC1. The summed E-state index contributed by atoms with van der Waals surface area (Å²) >= 11 is 0. The van der Waals surface area contributed by atoms with E-state index in [-0.39, 0.29) is 16.6 Å². The first-order chi connectivity index (χ1) is 13.3. The van der Waals surface area contributed by atoms with Gasteiger partial charge in [0.05, 0.1) is 10.9 Å². The molecule has 2 aromatic rings. The smallest absolute Gasteiger partial charge is 0.241 e. The van der Waals surface area contributed by atoms with Crippen molar-refractivity contribution < 1.29 is 22.0 Å². The number of hydrogen-bond acceptors (Lipinski definition) is 4. The molecule has 9 heteroatoms. The maximum absolute atomic E-state index is 13.0. The largest absolute Gasteiger partial charge is 0.368 e. The van der Waals surface area contributed by atoms with Gasteiger partial charge in [-0.3, -0.25) is 4.79 Å². The number of benzene rings is 2. The number of nitrogens with one attached hydrogen (secondary N) is 1. The molecule has 28 heavy (non-hydrogen) atoms. The van der Waals surface area contributed by atoms with Crippen molar-refractivity contribution in [2.24, 2.45) is 0 Å². The summed E-state index contributed by atoms with van der Waals surface area (Å²) in [4.78, 5) is 16.2. The fourth-order valence-electron chi connectivity index (χ4n) is 3.08. The molecular weight excluding hydrogens is 388 g/mol. The van der Waals surface area contributed by atoms with Crippen molar-refractivity contribution in [1.82, 2.24) is 9.62 Å². The molecule has 1 aliphatic rings. The van der Waals surface area contributed by atoms with Gasteiger partial charge >= 0.3 is 0 Å². The van der Waals surface area contributed by atoms with E-state index >= 15 is 0 Å². The Balaban J connectivity index is 1.58. The standard InChI is InChI=1S/C19H21F2N3O3S/c1-14(22-28(26,27)18-8-4-16(21)5-9-18)19(25)24-12-10-23(11-13-24)17-6-2-15(20)3-7-17/h2-9,14,22H,10-13H2,1H3/t14-/m1/s1. The number of anilines is 1. The second-order valence-corrected chi connectivity index (χ2v) is 8.30. The number of carbonyl (C=O) groups excluding carboxylic acids is 1. The Morgan fingerprint density at radius 3 is 1.96 bits per heavy atom. The lowest BCUT2D eigenvalue weighted by atomic mass is 10.2. The molecule has 0 radical (unpaired) electrons. The van der Waals surface area contributed by atoms with Crippen molar-refractivity contribution in [2.75, 3.05) is 31.1 Å². The van der Waals surface area contributed by atoms with Gasteiger partial charge in [0, 0.05) is 31.9 Å². The number of nitrogens with zero attached hydrogens (tertiary/aromatic N) is 2. The van der Waals surface area contributed by atoms with Crippen LogP contribution in [0.25, 0.3) is 0 Å². The highest BCUT2D eigenvalue weighted by Crippen LogP contribution is 2.17. The highest BCUT2D eigenvalue weighted by atomic mass is 32.2. The van der Waals surface area contributed by atoms with Crippen LogP contribution < -0.4 is 9.62 Å². The third-order valence-corrected chi connectivity index (χ3v) is 6.17. The summed E-state index contributed by atoms with van der Waals surface area (Å²) in [5.41, 5.74) is 0.874. The Bertz CT molecular complexity index is 926. The summed E-state index contributed by atoms with van der Waals surface area (Å²) in [5, 5.41) is 0. The molecule has 0 aromatic heterocycles. The van der Waals surface area contributed by atoms with Crippen LogP contribution in [0.2, 0.25) is 0 Å². The van der Waals surface area contributed by atoms with Crippen molar-refractivity contribution in [2.45, 2.75) is 17.9 Å². The lowest BCUT2D eigenvalue weighted by molar-refractivity contribution is -0.132. The Labute approximate surface area is 162 Å². The molecule has 3 rings (SSSR count). The van der Waals surface area contributed by atoms with Gasteiger partial charge in [-0.15, -0.1) is 0 Å². The van der Waals surface area contributed by atoms with Gasteiger partial charge in [0.25, 0.3) is 0 Å². The van der Waals surface area contributed by atoms with E-state index in [0.29, 0.717) is 26.2 Å². The van der Waals surface area contributed by atoms with Crippen LogP contribution in [0, 0.1) is 11.6 Å². The molecule has 150 valence electrons. The summed E-state index contributed by atoms with van der Waals surface area (Å²) in [6, 6.07) is 9.60. The highest BCUT2D eigenvalue weighted by molar-refractivity contribution is 7.89. The molecule has 0 spiro atoms. The van der Waals surface area contributed by atoms with Crippen molar-refractivity contribution in [1.29, 1.82) is 0 Å². The molecule has 1 amide bonds. The van der Waals surface area contributed by atoms with E-state index in [2.05, 4.69) is 4.72 Å².